The van der Waals surface area contributed by atoms with Crippen molar-refractivity contribution in [3.05, 3.63) is 0 Å². The quantitative estimate of drug-likeness (QED) is 0.658. The van der Waals surface area contributed by atoms with Crippen LogP contribution >= 0.6 is 0 Å². The predicted molar refractivity (Wildman–Crippen MR) is 59.8 cm³/mol. The molecule has 0 aromatic carbocycles. The molecular weight excluding hydrogens is 160 g/mol. The van der Waals surface area contributed by atoms with Gasteiger partial charge in [0.25, 0.3) is 0 Å². The van der Waals surface area contributed by atoms with E-state index in [1.807, 2.05) is 0 Å². The van der Waals surface area contributed by atoms with E-state index >= 15 is 0 Å². The standard InChI is InChI=1S/C11H26N2/c1-10(2)11(7-8-12)6-5-9-13(3)4/h10-11H,5-9,12H2,1-4H3. The van der Waals surface area contributed by atoms with Crippen LogP contribution in [0.1, 0.15) is 33.1 Å². The van der Waals surface area contributed by atoms with Crippen LogP contribution in [0.15, 0.2) is 0 Å². The maximum atomic E-state index is 5.59. The molecule has 0 heterocycles. The average Bonchev–Trinajstić information content (AvgIpc) is 2.02. The van der Waals surface area contributed by atoms with E-state index in [-0.39, 0.29) is 0 Å². The monoisotopic (exact) mass is 186 g/mol. The van der Waals surface area contributed by atoms with Crippen molar-refractivity contribution in [3.63, 3.8) is 0 Å². The first-order valence-electron chi connectivity index (χ1n) is 5.42. The van der Waals surface area contributed by atoms with E-state index in [0.717, 1.165) is 18.4 Å². The molecule has 0 amide bonds. The molecule has 0 bridgehead atoms. The lowest BCUT2D eigenvalue weighted by Gasteiger charge is -2.20. The third-order valence-electron chi connectivity index (χ3n) is 2.66. The largest absolute Gasteiger partial charge is 0.330 e. The summed E-state index contributed by atoms with van der Waals surface area (Å²) in [4.78, 5) is 2.25. The van der Waals surface area contributed by atoms with Gasteiger partial charge in [0.15, 0.2) is 0 Å². The molecule has 0 aliphatic carbocycles. The van der Waals surface area contributed by atoms with Crippen molar-refractivity contribution >= 4 is 0 Å². The fourth-order valence-corrected chi connectivity index (χ4v) is 1.69. The van der Waals surface area contributed by atoms with Crippen LogP contribution in [0.3, 0.4) is 0 Å². The highest BCUT2D eigenvalue weighted by molar-refractivity contribution is 4.64. The molecule has 2 heteroatoms. The first-order valence-corrected chi connectivity index (χ1v) is 5.42. The van der Waals surface area contributed by atoms with Gasteiger partial charge in [-0.1, -0.05) is 13.8 Å². The van der Waals surface area contributed by atoms with Crippen molar-refractivity contribution in [2.24, 2.45) is 17.6 Å². The van der Waals surface area contributed by atoms with Crippen LogP contribution in [0.25, 0.3) is 0 Å². The van der Waals surface area contributed by atoms with Crippen LogP contribution in [0.5, 0.6) is 0 Å². The van der Waals surface area contributed by atoms with Gasteiger partial charge in [0.2, 0.25) is 0 Å². The summed E-state index contributed by atoms with van der Waals surface area (Å²) in [5.41, 5.74) is 5.59. The zero-order valence-electron chi connectivity index (χ0n) is 9.71. The van der Waals surface area contributed by atoms with Gasteiger partial charge in [0.1, 0.15) is 0 Å². The molecule has 0 spiro atoms. The van der Waals surface area contributed by atoms with E-state index in [1.165, 1.54) is 25.8 Å². The summed E-state index contributed by atoms with van der Waals surface area (Å²) in [6, 6.07) is 0. The van der Waals surface area contributed by atoms with Crippen LogP contribution in [-0.2, 0) is 0 Å². The Labute approximate surface area is 83.5 Å². The summed E-state index contributed by atoms with van der Waals surface area (Å²) < 4.78 is 0. The molecule has 0 rings (SSSR count). The summed E-state index contributed by atoms with van der Waals surface area (Å²) in [5, 5.41) is 0. The fraction of sp³-hybridized carbons (Fsp3) is 1.00. The van der Waals surface area contributed by atoms with Crippen molar-refractivity contribution in [2.45, 2.75) is 33.1 Å². The van der Waals surface area contributed by atoms with Gasteiger partial charge in [-0.3, -0.25) is 0 Å². The predicted octanol–water partition coefficient (Wildman–Crippen LogP) is 1.95. The smallest absolute Gasteiger partial charge is 0.00247 e. The minimum absolute atomic E-state index is 0.783. The summed E-state index contributed by atoms with van der Waals surface area (Å²) in [7, 11) is 4.26. The highest BCUT2D eigenvalue weighted by Gasteiger charge is 2.11. The normalized spacial score (nSPS) is 14.1. The maximum absolute atomic E-state index is 5.59. The first-order chi connectivity index (χ1) is 6.07. The Morgan fingerprint density at radius 2 is 1.77 bits per heavy atom. The average molecular weight is 186 g/mol. The van der Waals surface area contributed by atoms with Gasteiger partial charge in [-0.25, -0.2) is 0 Å². The summed E-state index contributed by atoms with van der Waals surface area (Å²) in [5.74, 6) is 1.61. The molecular formula is C11H26N2. The van der Waals surface area contributed by atoms with Gasteiger partial charge in [-0.05, 0) is 58.3 Å². The highest BCUT2D eigenvalue weighted by atomic mass is 15.0. The minimum atomic E-state index is 0.783. The lowest BCUT2D eigenvalue weighted by atomic mass is 9.88. The number of hydrogen-bond donors (Lipinski definition) is 1. The summed E-state index contributed by atoms with van der Waals surface area (Å²) in [6.45, 7) is 6.64. The zero-order chi connectivity index (χ0) is 10.3. The van der Waals surface area contributed by atoms with Gasteiger partial charge in [0.05, 0.1) is 0 Å². The third-order valence-corrected chi connectivity index (χ3v) is 2.66. The molecule has 0 aromatic rings. The minimum Gasteiger partial charge on any atom is -0.330 e. The molecule has 0 saturated heterocycles. The van der Waals surface area contributed by atoms with Crippen molar-refractivity contribution < 1.29 is 0 Å². The van der Waals surface area contributed by atoms with Gasteiger partial charge in [-0.15, -0.1) is 0 Å². The van der Waals surface area contributed by atoms with Crippen LogP contribution in [0.2, 0.25) is 0 Å². The Bertz CT molecular complexity index is 111. The van der Waals surface area contributed by atoms with Crippen LogP contribution in [0, 0.1) is 11.8 Å². The van der Waals surface area contributed by atoms with Gasteiger partial charge in [-0.2, -0.15) is 0 Å². The molecule has 2 nitrogen and oxygen atoms in total. The van der Waals surface area contributed by atoms with E-state index in [0.29, 0.717) is 0 Å². The number of hydrogen-bond acceptors (Lipinski definition) is 2. The lowest BCUT2D eigenvalue weighted by molar-refractivity contribution is 0.305. The third kappa shape index (κ3) is 7.03. The molecule has 0 aliphatic heterocycles. The second-order valence-corrected chi connectivity index (χ2v) is 4.53. The van der Waals surface area contributed by atoms with E-state index in [4.69, 9.17) is 5.73 Å². The molecule has 0 radical (unpaired) electrons. The number of nitrogens with two attached hydrogens (primary N) is 1. The van der Waals surface area contributed by atoms with E-state index in [9.17, 15) is 0 Å². The summed E-state index contributed by atoms with van der Waals surface area (Å²) in [6.07, 6.45) is 3.81. The fourth-order valence-electron chi connectivity index (χ4n) is 1.69. The zero-order valence-corrected chi connectivity index (χ0v) is 9.71. The molecule has 1 unspecified atom stereocenters. The molecule has 1 atom stereocenters. The van der Waals surface area contributed by atoms with Gasteiger partial charge >= 0.3 is 0 Å². The molecule has 0 aliphatic rings. The summed E-state index contributed by atoms with van der Waals surface area (Å²) >= 11 is 0. The lowest BCUT2D eigenvalue weighted by Crippen LogP contribution is -2.18. The Balaban J connectivity index is 3.57. The molecule has 0 fully saturated rings. The molecule has 2 N–H and O–H groups in total. The maximum Gasteiger partial charge on any atom is -0.00247 e. The number of nitrogens with zero attached hydrogens (tertiary/aromatic N) is 1. The Hall–Kier alpha value is -0.0800. The second kappa shape index (κ2) is 7.34. The molecule has 0 aromatic heterocycles. The van der Waals surface area contributed by atoms with Crippen LogP contribution in [0.4, 0.5) is 0 Å². The topological polar surface area (TPSA) is 29.3 Å². The first kappa shape index (κ1) is 12.9. The van der Waals surface area contributed by atoms with Crippen LogP contribution < -0.4 is 5.73 Å². The Kier molecular flexibility index (Phi) is 7.29. The van der Waals surface area contributed by atoms with E-state index in [2.05, 4.69) is 32.8 Å². The molecule has 13 heavy (non-hydrogen) atoms. The van der Waals surface area contributed by atoms with Crippen molar-refractivity contribution in [3.8, 4) is 0 Å². The van der Waals surface area contributed by atoms with E-state index < -0.39 is 0 Å². The molecule has 80 valence electrons. The molecule has 0 saturated carbocycles. The van der Waals surface area contributed by atoms with Gasteiger partial charge in [0, 0.05) is 0 Å². The highest BCUT2D eigenvalue weighted by Crippen LogP contribution is 2.20. The second-order valence-electron chi connectivity index (χ2n) is 4.53. The van der Waals surface area contributed by atoms with Crippen molar-refractivity contribution in [1.82, 2.24) is 4.90 Å². The Morgan fingerprint density at radius 3 is 2.15 bits per heavy atom. The SMILES string of the molecule is CC(C)C(CCN)CCCN(C)C. The van der Waals surface area contributed by atoms with Crippen molar-refractivity contribution in [2.75, 3.05) is 27.2 Å². The van der Waals surface area contributed by atoms with Crippen molar-refractivity contribution in [1.29, 1.82) is 0 Å². The van der Waals surface area contributed by atoms with Gasteiger partial charge < -0.3 is 10.6 Å². The Morgan fingerprint density at radius 1 is 1.15 bits per heavy atom. The number of rotatable bonds is 7. The van der Waals surface area contributed by atoms with E-state index in [1.54, 1.807) is 0 Å². The van der Waals surface area contributed by atoms with Crippen LogP contribution in [-0.4, -0.2) is 32.1 Å².